The number of nitrogens with zero attached hydrogens (tertiary/aromatic N) is 1. The third kappa shape index (κ3) is 2.70. The van der Waals surface area contributed by atoms with Gasteiger partial charge in [0.05, 0.1) is 18.8 Å². The van der Waals surface area contributed by atoms with E-state index < -0.39 is 0 Å². The number of methoxy groups -OCH3 is 1. The van der Waals surface area contributed by atoms with E-state index in [0.717, 1.165) is 38.4 Å². The number of ether oxygens (including phenoxy) is 1. The minimum atomic E-state index is 0.650. The van der Waals surface area contributed by atoms with Gasteiger partial charge in [-0.25, -0.2) is 0 Å². The van der Waals surface area contributed by atoms with Crippen molar-refractivity contribution in [1.29, 1.82) is 5.26 Å². The summed E-state index contributed by atoms with van der Waals surface area (Å²) < 4.78 is 5.47. The average molecular weight is 335 g/mol. The molecule has 0 amide bonds. The topological polar surface area (TPSA) is 33.0 Å². The zero-order valence-electron chi connectivity index (χ0n) is 14.4. The third-order valence-corrected chi connectivity index (χ3v) is 4.64. The zero-order valence-corrected chi connectivity index (χ0v) is 14.4. The molecule has 4 aromatic carbocycles. The number of benzene rings is 4. The van der Waals surface area contributed by atoms with Crippen molar-refractivity contribution in [2.45, 2.75) is 0 Å². The van der Waals surface area contributed by atoms with E-state index in [4.69, 9.17) is 4.74 Å². The summed E-state index contributed by atoms with van der Waals surface area (Å²) in [5, 5.41) is 14.2. The van der Waals surface area contributed by atoms with Crippen molar-refractivity contribution in [2.75, 3.05) is 7.11 Å². The predicted molar refractivity (Wildman–Crippen MR) is 108 cm³/mol. The van der Waals surface area contributed by atoms with Gasteiger partial charge < -0.3 is 4.74 Å². The summed E-state index contributed by atoms with van der Waals surface area (Å²) >= 11 is 0. The molecule has 0 fully saturated rings. The van der Waals surface area contributed by atoms with Crippen molar-refractivity contribution >= 4 is 33.2 Å². The third-order valence-electron chi connectivity index (χ3n) is 4.64. The van der Waals surface area contributed by atoms with Gasteiger partial charge in [-0.05, 0) is 33.9 Å². The lowest BCUT2D eigenvalue weighted by molar-refractivity contribution is 0.420. The first kappa shape index (κ1) is 15.9. The Hall–Kier alpha value is -3.57. The lowest BCUT2D eigenvalue weighted by Crippen LogP contribution is -1.89. The monoisotopic (exact) mass is 335 g/mol. The van der Waals surface area contributed by atoms with E-state index in [9.17, 15) is 5.26 Å². The van der Waals surface area contributed by atoms with Gasteiger partial charge in [0.2, 0.25) is 0 Å². The summed E-state index contributed by atoms with van der Waals surface area (Å²) in [5.41, 5.74) is 2.61. The number of nitriles is 1. The highest BCUT2D eigenvalue weighted by Gasteiger charge is 2.09. The van der Waals surface area contributed by atoms with Gasteiger partial charge in [0.15, 0.2) is 0 Å². The van der Waals surface area contributed by atoms with Crippen LogP contribution in [0.1, 0.15) is 11.1 Å². The van der Waals surface area contributed by atoms with Gasteiger partial charge >= 0.3 is 0 Å². The van der Waals surface area contributed by atoms with E-state index in [2.05, 4.69) is 30.3 Å². The van der Waals surface area contributed by atoms with E-state index in [1.165, 1.54) is 0 Å². The summed E-state index contributed by atoms with van der Waals surface area (Å²) in [6.45, 7) is 0. The second-order valence-electron chi connectivity index (χ2n) is 6.10. The molecule has 124 valence electrons. The van der Waals surface area contributed by atoms with Gasteiger partial charge in [-0.15, -0.1) is 0 Å². The Kier molecular flexibility index (Phi) is 4.13. The second kappa shape index (κ2) is 6.74. The molecule has 0 aliphatic rings. The van der Waals surface area contributed by atoms with Crippen molar-refractivity contribution in [3.8, 4) is 11.8 Å². The first-order chi connectivity index (χ1) is 12.8. The fraction of sp³-hybridized carbons (Fsp3) is 0.0417. The molecular weight excluding hydrogens is 318 g/mol. The van der Waals surface area contributed by atoms with Crippen LogP contribution in [0.5, 0.6) is 5.75 Å². The van der Waals surface area contributed by atoms with Crippen molar-refractivity contribution in [3.63, 3.8) is 0 Å². The van der Waals surface area contributed by atoms with Crippen molar-refractivity contribution in [3.05, 3.63) is 90.0 Å². The van der Waals surface area contributed by atoms with E-state index >= 15 is 0 Å². The molecule has 0 saturated carbocycles. The molecule has 0 aliphatic heterocycles. The minimum absolute atomic E-state index is 0.650. The Bertz CT molecular complexity index is 1180. The molecule has 4 rings (SSSR count). The van der Waals surface area contributed by atoms with Crippen molar-refractivity contribution < 1.29 is 4.74 Å². The second-order valence-corrected chi connectivity index (χ2v) is 6.10. The van der Waals surface area contributed by atoms with Crippen LogP contribution in [-0.4, -0.2) is 7.11 Å². The van der Waals surface area contributed by atoms with Crippen LogP contribution in [0.2, 0.25) is 0 Å². The highest BCUT2D eigenvalue weighted by atomic mass is 16.5. The number of rotatable bonds is 3. The van der Waals surface area contributed by atoms with Crippen LogP contribution >= 0.6 is 0 Å². The van der Waals surface area contributed by atoms with Crippen LogP contribution in [0, 0.1) is 11.3 Å². The molecule has 0 unspecified atom stereocenters. The van der Waals surface area contributed by atoms with Crippen molar-refractivity contribution in [2.24, 2.45) is 0 Å². The Morgan fingerprint density at radius 3 is 2.27 bits per heavy atom. The molecule has 0 aliphatic carbocycles. The van der Waals surface area contributed by atoms with Crippen LogP contribution in [0.4, 0.5) is 0 Å². The van der Waals surface area contributed by atoms with E-state index in [1.54, 1.807) is 7.11 Å². The highest BCUT2D eigenvalue weighted by Crippen LogP contribution is 2.32. The lowest BCUT2D eigenvalue weighted by Gasteiger charge is -2.09. The summed E-state index contributed by atoms with van der Waals surface area (Å²) in [5.74, 6) is 0.835. The van der Waals surface area contributed by atoms with Gasteiger partial charge in [0, 0.05) is 10.9 Å². The highest BCUT2D eigenvalue weighted by molar-refractivity contribution is 6.05. The average Bonchev–Trinajstić information content (AvgIpc) is 2.71. The molecule has 0 bridgehead atoms. The Labute approximate surface area is 152 Å². The Balaban J connectivity index is 1.95. The van der Waals surface area contributed by atoms with Crippen LogP contribution in [0.3, 0.4) is 0 Å². The minimum Gasteiger partial charge on any atom is -0.496 e. The SMILES string of the molecule is COc1ccc(/C=C(/C#N)c2cccc3ccccc23)c2ccccc12. The Morgan fingerprint density at radius 1 is 0.808 bits per heavy atom. The van der Waals surface area contributed by atoms with Crippen LogP contribution in [0.15, 0.2) is 78.9 Å². The molecule has 0 heterocycles. The summed E-state index contributed by atoms with van der Waals surface area (Å²) in [7, 11) is 1.67. The molecule has 2 nitrogen and oxygen atoms in total. The van der Waals surface area contributed by atoms with Crippen LogP contribution in [0.25, 0.3) is 33.2 Å². The molecule has 0 atom stereocenters. The summed E-state index contributed by atoms with van der Waals surface area (Å²) in [4.78, 5) is 0. The molecule has 2 heteroatoms. The standard InChI is InChI=1S/C24H17NO/c1-26-24-14-13-18(21-10-4-5-11-23(21)24)15-19(16-25)22-12-6-8-17-7-2-3-9-20(17)22/h2-15H,1H3/b19-15-. The summed E-state index contributed by atoms with van der Waals surface area (Å²) in [6, 6.07) is 28.6. The maximum atomic E-state index is 9.83. The van der Waals surface area contributed by atoms with E-state index in [1.807, 2.05) is 60.7 Å². The molecular formula is C24H17NO. The van der Waals surface area contributed by atoms with Crippen LogP contribution < -0.4 is 4.74 Å². The number of allylic oxidation sites excluding steroid dienone is 1. The quantitative estimate of drug-likeness (QED) is 0.336. The van der Waals surface area contributed by atoms with E-state index in [-0.39, 0.29) is 0 Å². The normalized spacial score (nSPS) is 11.5. The lowest BCUT2D eigenvalue weighted by atomic mass is 9.95. The number of hydrogen-bond acceptors (Lipinski definition) is 2. The van der Waals surface area contributed by atoms with Crippen LogP contribution in [-0.2, 0) is 0 Å². The fourth-order valence-electron chi connectivity index (χ4n) is 3.38. The molecule has 0 spiro atoms. The maximum absolute atomic E-state index is 9.83. The van der Waals surface area contributed by atoms with Gasteiger partial charge in [-0.3, -0.25) is 0 Å². The molecule has 0 aromatic heterocycles. The summed E-state index contributed by atoms with van der Waals surface area (Å²) in [6.07, 6.45) is 1.96. The number of hydrogen-bond donors (Lipinski definition) is 0. The molecule has 0 radical (unpaired) electrons. The zero-order chi connectivity index (χ0) is 17.9. The molecule has 4 aromatic rings. The van der Waals surface area contributed by atoms with Crippen molar-refractivity contribution in [1.82, 2.24) is 0 Å². The van der Waals surface area contributed by atoms with E-state index in [0.29, 0.717) is 5.57 Å². The van der Waals surface area contributed by atoms with Gasteiger partial charge in [-0.1, -0.05) is 72.8 Å². The van der Waals surface area contributed by atoms with Gasteiger partial charge in [0.1, 0.15) is 5.75 Å². The smallest absolute Gasteiger partial charge is 0.126 e. The molecule has 26 heavy (non-hydrogen) atoms. The maximum Gasteiger partial charge on any atom is 0.126 e. The largest absolute Gasteiger partial charge is 0.496 e. The fourth-order valence-corrected chi connectivity index (χ4v) is 3.38. The Morgan fingerprint density at radius 2 is 1.50 bits per heavy atom. The number of fused-ring (bicyclic) bond motifs is 2. The first-order valence-corrected chi connectivity index (χ1v) is 8.47. The predicted octanol–water partition coefficient (Wildman–Crippen LogP) is 6.07. The van der Waals surface area contributed by atoms with Gasteiger partial charge in [-0.2, -0.15) is 5.26 Å². The molecule has 0 N–H and O–H groups in total. The first-order valence-electron chi connectivity index (χ1n) is 8.47. The van der Waals surface area contributed by atoms with Gasteiger partial charge in [0.25, 0.3) is 0 Å². The molecule has 0 saturated heterocycles.